The molecule has 154 valence electrons. The van der Waals surface area contributed by atoms with Crippen LogP contribution in [0.15, 0.2) is 42.6 Å². The van der Waals surface area contributed by atoms with Gasteiger partial charge in [0.1, 0.15) is 5.82 Å². The van der Waals surface area contributed by atoms with Crippen LogP contribution < -0.4 is 10.2 Å². The zero-order valence-corrected chi connectivity index (χ0v) is 17.3. The molecule has 1 amide bonds. The molecule has 0 radical (unpaired) electrons. The Morgan fingerprint density at radius 1 is 1.03 bits per heavy atom. The fourth-order valence-electron chi connectivity index (χ4n) is 4.40. The summed E-state index contributed by atoms with van der Waals surface area (Å²) in [5.74, 6) is 0.860. The molecule has 1 saturated carbocycles. The van der Waals surface area contributed by atoms with E-state index in [9.17, 15) is 9.90 Å². The second kappa shape index (κ2) is 9.24. The summed E-state index contributed by atoms with van der Waals surface area (Å²) >= 11 is 5.99. The fraction of sp³-hybridized carbons (Fsp3) is 0.478. The molecule has 2 fully saturated rings. The van der Waals surface area contributed by atoms with Gasteiger partial charge in [-0.3, -0.25) is 9.69 Å². The lowest BCUT2D eigenvalue weighted by Crippen LogP contribution is -2.49. The molecule has 5 nitrogen and oxygen atoms in total. The van der Waals surface area contributed by atoms with Gasteiger partial charge in [-0.15, -0.1) is 0 Å². The normalized spacial score (nSPS) is 24.8. The zero-order valence-electron chi connectivity index (χ0n) is 16.6. The summed E-state index contributed by atoms with van der Waals surface area (Å²) in [6, 6.07) is 11.7. The van der Waals surface area contributed by atoms with E-state index in [1.165, 1.54) is 0 Å². The smallest absolute Gasteiger partial charge is 0.232 e. The molecular weight excluding hydrogens is 386 g/mol. The van der Waals surface area contributed by atoms with Crippen molar-refractivity contribution in [2.45, 2.75) is 50.7 Å². The van der Waals surface area contributed by atoms with Crippen LogP contribution in [0.2, 0.25) is 5.02 Å². The summed E-state index contributed by atoms with van der Waals surface area (Å²) in [7, 11) is 0. The number of rotatable bonds is 4. The Morgan fingerprint density at radius 2 is 1.76 bits per heavy atom. The monoisotopic (exact) mass is 413 g/mol. The average molecular weight is 414 g/mol. The van der Waals surface area contributed by atoms with Gasteiger partial charge in [0.05, 0.1) is 12.0 Å². The van der Waals surface area contributed by atoms with E-state index in [-0.39, 0.29) is 24.0 Å². The molecule has 4 rings (SSSR count). The van der Waals surface area contributed by atoms with Gasteiger partial charge in [-0.25, -0.2) is 4.98 Å². The van der Waals surface area contributed by atoms with Crippen LogP contribution >= 0.6 is 11.6 Å². The van der Waals surface area contributed by atoms with E-state index in [1.54, 1.807) is 0 Å². The summed E-state index contributed by atoms with van der Waals surface area (Å²) in [6.45, 7) is 1.71. The molecule has 0 spiro atoms. The second-order valence-corrected chi connectivity index (χ2v) is 8.56. The van der Waals surface area contributed by atoms with E-state index in [4.69, 9.17) is 11.6 Å². The Hall–Kier alpha value is -1.95. The van der Waals surface area contributed by atoms with Crippen molar-refractivity contribution in [2.24, 2.45) is 5.92 Å². The maximum absolute atomic E-state index is 13.4. The predicted molar refractivity (Wildman–Crippen MR) is 116 cm³/mol. The number of aromatic nitrogens is 1. The molecule has 2 N–H and O–H groups in total. The van der Waals surface area contributed by atoms with Crippen molar-refractivity contribution in [3.8, 4) is 11.1 Å². The zero-order chi connectivity index (χ0) is 20.2. The van der Waals surface area contributed by atoms with E-state index >= 15 is 0 Å². The first-order chi connectivity index (χ1) is 14.1. The largest absolute Gasteiger partial charge is 0.393 e. The minimum atomic E-state index is -0.250. The first-order valence-electron chi connectivity index (χ1n) is 10.6. The minimum absolute atomic E-state index is 0.00617. The first-order valence-corrected chi connectivity index (χ1v) is 10.9. The van der Waals surface area contributed by atoms with E-state index in [2.05, 4.69) is 10.3 Å². The van der Waals surface area contributed by atoms with Crippen LogP contribution in [0.1, 0.15) is 38.5 Å². The number of aliphatic hydroxyl groups is 1. The molecule has 2 heterocycles. The molecule has 1 saturated heterocycles. The van der Waals surface area contributed by atoms with Crippen molar-refractivity contribution in [1.29, 1.82) is 0 Å². The van der Waals surface area contributed by atoms with E-state index in [0.29, 0.717) is 10.8 Å². The third-order valence-electron chi connectivity index (χ3n) is 6.09. The van der Waals surface area contributed by atoms with Gasteiger partial charge in [0.15, 0.2) is 0 Å². The highest BCUT2D eigenvalue weighted by Gasteiger charge is 2.34. The van der Waals surface area contributed by atoms with Gasteiger partial charge in [0.25, 0.3) is 0 Å². The Labute approximate surface area is 177 Å². The molecule has 2 aromatic rings. The lowest BCUT2D eigenvalue weighted by Gasteiger charge is -2.37. The SMILES string of the molecule is O=C([C@H]1CCCNC1)N(c1ccc(-c2ccc(Cl)cc2)cn1)C1CCC(O)CC1. The number of anilines is 1. The minimum Gasteiger partial charge on any atom is -0.393 e. The third kappa shape index (κ3) is 4.80. The highest BCUT2D eigenvalue weighted by Crippen LogP contribution is 2.30. The summed E-state index contributed by atoms with van der Waals surface area (Å²) in [5, 5.41) is 14.0. The highest BCUT2D eigenvalue weighted by molar-refractivity contribution is 6.30. The summed E-state index contributed by atoms with van der Waals surface area (Å²) in [4.78, 5) is 20.0. The number of nitrogens with zero attached hydrogens (tertiary/aromatic N) is 2. The number of aliphatic hydroxyl groups excluding tert-OH is 1. The van der Waals surface area contributed by atoms with Crippen LogP contribution in [0.4, 0.5) is 5.82 Å². The van der Waals surface area contributed by atoms with Crippen LogP contribution in [0.5, 0.6) is 0 Å². The topological polar surface area (TPSA) is 65.5 Å². The maximum atomic E-state index is 13.4. The molecule has 1 aromatic carbocycles. The summed E-state index contributed by atoms with van der Waals surface area (Å²) < 4.78 is 0. The van der Waals surface area contributed by atoms with Gasteiger partial charge >= 0.3 is 0 Å². The van der Waals surface area contributed by atoms with Crippen LogP contribution in [-0.2, 0) is 4.79 Å². The van der Waals surface area contributed by atoms with E-state index in [0.717, 1.165) is 62.7 Å². The Kier molecular flexibility index (Phi) is 6.48. The van der Waals surface area contributed by atoms with Crippen LogP contribution in [-0.4, -0.2) is 41.2 Å². The van der Waals surface area contributed by atoms with E-state index < -0.39 is 0 Å². The van der Waals surface area contributed by atoms with E-state index in [1.807, 2.05) is 47.5 Å². The molecule has 1 aliphatic carbocycles. The highest BCUT2D eigenvalue weighted by atomic mass is 35.5. The number of hydrogen-bond donors (Lipinski definition) is 2. The number of halogens is 1. The van der Waals surface area contributed by atoms with Gasteiger partial charge < -0.3 is 10.4 Å². The van der Waals surface area contributed by atoms with Crippen molar-refractivity contribution in [1.82, 2.24) is 10.3 Å². The van der Waals surface area contributed by atoms with Gasteiger partial charge in [-0.1, -0.05) is 23.7 Å². The lowest BCUT2D eigenvalue weighted by atomic mass is 9.90. The molecule has 1 aromatic heterocycles. The summed E-state index contributed by atoms with van der Waals surface area (Å²) in [6.07, 6.45) is 6.62. The fourth-order valence-corrected chi connectivity index (χ4v) is 4.52. The number of nitrogens with one attached hydrogen (secondary N) is 1. The van der Waals surface area contributed by atoms with Crippen molar-refractivity contribution >= 4 is 23.3 Å². The van der Waals surface area contributed by atoms with Crippen molar-refractivity contribution in [3.63, 3.8) is 0 Å². The van der Waals surface area contributed by atoms with Crippen LogP contribution in [0.3, 0.4) is 0 Å². The molecular formula is C23H28ClN3O2. The Balaban J connectivity index is 1.59. The standard InChI is InChI=1S/C23H28ClN3O2/c24-19-6-3-16(4-7-19)17-5-12-22(26-15-17)27(20-8-10-21(28)11-9-20)23(29)18-2-1-13-25-14-18/h3-7,12,15,18,20-21,25,28H,1-2,8-11,13-14H2/t18-,20?,21?/m0/s1. The quantitative estimate of drug-likeness (QED) is 0.793. The Morgan fingerprint density at radius 3 is 2.38 bits per heavy atom. The predicted octanol–water partition coefficient (Wildman–Crippen LogP) is 4.04. The third-order valence-corrected chi connectivity index (χ3v) is 6.34. The molecule has 29 heavy (non-hydrogen) atoms. The molecule has 1 aliphatic heterocycles. The molecule has 2 aliphatic rings. The van der Waals surface area contributed by atoms with Gasteiger partial charge in [-0.2, -0.15) is 0 Å². The number of hydrogen-bond acceptors (Lipinski definition) is 4. The van der Waals surface area contributed by atoms with Gasteiger partial charge in [0, 0.05) is 29.4 Å². The average Bonchev–Trinajstić information content (AvgIpc) is 2.77. The maximum Gasteiger partial charge on any atom is 0.232 e. The number of piperidine rings is 1. The molecule has 0 unspecified atom stereocenters. The Bertz CT molecular complexity index is 811. The van der Waals surface area contributed by atoms with Gasteiger partial charge in [-0.05, 0) is 74.9 Å². The van der Waals surface area contributed by atoms with Crippen LogP contribution in [0.25, 0.3) is 11.1 Å². The number of amides is 1. The van der Waals surface area contributed by atoms with Crippen LogP contribution in [0, 0.1) is 5.92 Å². The number of carbonyl (C=O) groups is 1. The molecule has 1 atom stereocenters. The van der Waals surface area contributed by atoms with Crippen molar-refractivity contribution in [3.05, 3.63) is 47.6 Å². The van der Waals surface area contributed by atoms with Crippen molar-refractivity contribution < 1.29 is 9.90 Å². The lowest BCUT2D eigenvalue weighted by molar-refractivity contribution is -0.123. The molecule has 0 bridgehead atoms. The molecule has 6 heteroatoms. The summed E-state index contributed by atoms with van der Waals surface area (Å²) in [5.41, 5.74) is 2.04. The van der Waals surface area contributed by atoms with Gasteiger partial charge in [0.2, 0.25) is 5.91 Å². The number of pyridine rings is 1. The number of carbonyl (C=O) groups excluding carboxylic acids is 1. The number of benzene rings is 1. The first kappa shape index (κ1) is 20.3. The van der Waals surface area contributed by atoms with Crippen molar-refractivity contribution in [2.75, 3.05) is 18.0 Å². The second-order valence-electron chi connectivity index (χ2n) is 8.13.